The average Bonchev–Trinajstić information content (AvgIpc) is 2.63. The fourth-order valence-electron chi connectivity index (χ4n) is 3.92. The molecular weight excluding hydrogens is 341 g/mol. The fourth-order valence-corrected chi connectivity index (χ4v) is 4.12. The van der Waals surface area contributed by atoms with Crippen molar-refractivity contribution in [2.45, 2.75) is 24.9 Å². The molecule has 0 amide bonds. The van der Waals surface area contributed by atoms with E-state index in [2.05, 4.69) is 15.2 Å². The van der Waals surface area contributed by atoms with E-state index in [9.17, 15) is 13.2 Å². The van der Waals surface area contributed by atoms with Crippen LogP contribution in [0.2, 0.25) is 5.15 Å². The third-order valence-electron chi connectivity index (χ3n) is 5.11. The van der Waals surface area contributed by atoms with E-state index < -0.39 is 12.1 Å². The van der Waals surface area contributed by atoms with Gasteiger partial charge in [-0.3, -0.25) is 4.90 Å². The third kappa shape index (κ3) is 2.68. The zero-order chi connectivity index (χ0) is 16.8. The lowest BCUT2D eigenvalue weighted by Crippen LogP contribution is -2.69. The lowest BCUT2D eigenvalue weighted by molar-refractivity contribution is 0.107. The maximum atomic E-state index is 14.4. The van der Waals surface area contributed by atoms with Gasteiger partial charge in [-0.25, -0.2) is 18.2 Å². The zero-order valence-corrected chi connectivity index (χ0v) is 13.7. The lowest BCUT2D eigenvalue weighted by Gasteiger charge is -2.54. The Morgan fingerprint density at radius 2 is 2.00 bits per heavy atom. The summed E-state index contributed by atoms with van der Waals surface area (Å²) in [4.78, 5) is 8.06. The summed E-state index contributed by atoms with van der Waals surface area (Å²) in [6.07, 6.45) is -1.36. The molecule has 2 atom stereocenters. The van der Waals surface area contributed by atoms with Crippen molar-refractivity contribution in [2.75, 3.05) is 37.6 Å². The van der Waals surface area contributed by atoms with Crippen molar-refractivity contribution in [3.8, 4) is 0 Å². The van der Waals surface area contributed by atoms with Crippen LogP contribution in [0, 0.1) is 0 Å². The summed E-state index contributed by atoms with van der Waals surface area (Å²) in [7, 11) is 0. The summed E-state index contributed by atoms with van der Waals surface area (Å²) in [5.41, 5.74) is 0.279. The standard InChI is InChI=1S/C16H18ClF3N4/c17-14-7-11-10(15(22-14)16(19)20)5-9(18)6-12-13(8-24(11)12)23-3-1-21-2-4-23/h5,7,12-13,16,21H,1-4,6,8H2/t12-,13?/m0/s1. The van der Waals surface area contributed by atoms with E-state index >= 15 is 0 Å². The zero-order valence-electron chi connectivity index (χ0n) is 13.0. The molecule has 3 aliphatic heterocycles. The van der Waals surface area contributed by atoms with Gasteiger partial charge in [0.05, 0.1) is 6.04 Å². The number of nitrogens with zero attached hydrogens (tertiary/aromatic N) is 3. The van der Waals surface area contributed by atoms with Gasteiger partial charge in [-0.2, -0.15) is 0 Å². The minimum Gasteiger partial charge on any atom is -0.364 e. The van der Waals surface area contributed by atoms with Gasteiger partial charge < -0.3 is 10.2 Å². The monoisotopic (exact) mass is 358 g/mol. The molecule has 3 aliphatic rings. The summed E-state index contributed by atoms with van der Waals surface area (Å²) in [5, 5.41) is 3.32. The van der Waals surface area contributed by atoms with Crippen molar-refractivity contribution in [3.63, 3.8) is 0 Å². The maximum Gasteiger partial charge on any atom is 0.281 e. The highest BCUT2D eigenvalue weighted by atomic mass is 35.5. The van der Waals surface area contributed by atoms with Crippen molar-refractivity contribution >= 4 is 23.4 Å². The largest absolute Gasteiger partial charge is 0.364 e. The van der Waals surface area contributed by atoms with Crippen molar-refractivity contribution in [2.24, 2.45) is 0 Å². The van der Waals surface area contributed by atoms with Gasteiger partial charge in [0.1, 0.15) is 16.7 Å². The Balaban J connectivity index is 1.69. The van der Waals surface area contributed by atoms with Gasteiger partial charge in [-0.05, 0) is 12.1 Å². The highest BCUT2D eigenvalue weighted by Crippen LogP contribution is 2.43. The molecule has 0 saturated carbocycles. The first-order chi connectivity index (χ1) is 11.5. The Labute approximate surface area is 143 Å². The minimum atomic E-state index is -2.79. The third-order valence-corrected chi connectivity index (χ3v) is 5.30. The van der Waals surface area contributed by atoms with Gasteiger partial charge in [0, 0.05) is 56.4 Å². The van der Waals surface area contributed by atoms with Crippen LogP contribution >= 0.6 is 11.6 Å². The molecule has 4 nitrogen and oxygen atoms in total. The van der Waals surface area contributed by atoms with E-state index in [1.165, 1.54) is 6.08 Å². The Hall–Kier alpha value is -1.31. The number of hydrogen-bond donors (Lipinski definition) is 1. The van der Waals surface area contributed by atoms with E-state index in [4.69, 9.17) is 11.6 Å². The summed E-state index contributed by atoms with van der Waals surface area (Å²) in [6.45, 7) is 4.38. The number of piperazine rings is 1. The second-order valence-corrected chi connectivity index (χ2v) is 6.82. The molecule has 0 radical (unpaired) electrons. The molecule has 1 aromatic heterocycles. The van der Waals surface area contributed by atoms with Gasteiger partial charge in [-0.1, -0.05) is 11.6 Å². The topological polar surface area (TPSA) is 31.4 Å². The first-order valence-electron chi connectivity index (χ1n) is 8.10. The van der Waals surface area contributed by atoms with E-state index in [-0.39, 0.29) is 35.0 Å². The number of fused-ring (bicyclic) bond motifs is 3. The number of halogens is 4. The van der Waals surface area contributed by atoms with Crippen molar-refractivity contribution in [1.29, 1.82) is 0 Å². The maximum absolute atomic E-state index is 14.4. The second-order valence-electron chi connectivity index (χ2n) is 6.43. The first kappa shape index (κ1) is 16.2. The van der Waals surface area contributed by atoms with Gasteiger partial charge >= 0.3 is 0 Å². The molecule has 4 heterocycles. The molecule has 4 rings (SSSR count). The van der Waals surface area contributed by atoms with Crippen LogP contribution in [0.25, 0.3) is 6.08 Å². The van der Waals surface area contributed by atoms with Crippen molar-refractivity contribution in [1.82, 2.24) is 15.2 Å². The molecule has 0 aromatic carbocycles. The molecule has 1 N–H and O–H groups in total. The fraction of sp³-hybridized carbons (Fsp3) is 0.562. The molecule has 2 saturated heterocycles. The lowest BCUT2D eigenvalue weighted by atomic mass is 9.90. The molecule has 0 spiro atoms. The molecule has 130 valence electrons. The number of hydrogen-bond acceptors (Lipinski definition) is 4. The van der Waals surface area contributed by atoms with Gasteiger partial charge in [0.25, 0.3) is 6.43 Å². The predicted molar refractivity (Wildman–Crippen MR) is 87.3 cm³/mol. The van der Waals surface area contributed by atoms with Crippen molar-refractivity contribution in [3.05, 3.63) is 28.3 Å². The van der Waals surface area contributed by atoms with Gasteiger partial charge in [-0.15, -0.1) is 0 Å². The normalized spacial score (nSPS) is 27.2. The molecular formula is C16H18ClF3N4. The number of aromatic nitrogens is 1. The molecule has 24 heavy (non-hydrogen) atoms. The highest BCUT2D eigenvalue weighted by molar-refractivity contribution is 6.29. The summed E-state index contributed by atoms with van der Waals surface area (Å²) >= 11 is 5.93. The summed E-state index contributed by atoms with van der Waals surface area (Å²) < 4.78 is 41.0. The van der Waals surface area contributed by atoms with E-state index in [1.54, 1.807) is 6.07 Å². The SMILES string of the molecule is FC1=Cc2c(cc(Cl)nc2C(F)F)N2CC(N3CCNCC3)[C@@H]2C1. The Morgan fingerprint density at radius 1 is 1.25 bits per heavy atom. The Bertz CT molecular complexity index is 676. The molecule has 1 unspecified atom stereocenters. The summed E-state index contributed by atoms with van der Waals surface area (Å²) in [6, 6.07) is 1.75. The number of nitrogens with one attached hydrogen (secondary N) is 1. The number of alkyl halides is 2. The molecule has 1 aromatic rings. The summed E-state index contributed by atoms with van der Waals surface area (Å²) in [5.74, 6) is -0.380. The van der Waals surface area contributed by atoms with E-state index in [0.29, 0.717) is 12.2 Å². The van der Waals surface area contributed by atoms with E-state index in [1.807, 2.05) is 4.90 Å². The molecule has 2 fully saturated rings. The van der Waals surface area contributed by atoms with Gasteiger partial charge in [0.15, 0.2) is 0 Å². The number of anilines is 1. The highest BCUT2D eigenvalue weighted by Gasteiger charge is 2.45. The van der Waals surface area contributed by atoms with Crippen LogP contribution in [-0.2, 0) is 0 Å². The molecule has 8 heteroatoms. The van der Waals surface area contributed by atoms with Crippen LogP contribution in [-0.4, -0.2) is 54.7 Å². The smallest absolute Gasteiger partial charge is 0.281 e. The molecule has 0 aliphatic carbocycles. The van der Waals surface area contributed by atoms with Gasteiger partial charge in [0.2, 0.25) is 0 Å². The minimum absolute atomic E-state index is 0.0177. The predicted octanol–water partition coefficient (Wildman–Crippen LogP) is 2.85. The average molecular weight is 359 g/mol. The van der Waals surface area contributed by atoms with Crippen LogP contribution < -0.4 is 10.2 Å². The molecule has 0 bridgehead atoms. The van der Waals surface area contributed by atoms with E-state index in [0.717, 1.165) is 26.2 Å². The first-order valence-corrected chi connectivity index (χ1v) is 8.48. The second kappa shape index (κ2) is 6.20. The van der Waals surface area contributed by atoms with Crippen LogP contribution in [0.4, 0.5) is 18.9 Å². The van der Waals surface area contributed by atoms with Crippen LogP contribution in [0.5, 0.6) is 0 Å². The quantitative estimate of drug-likeness (QED) is 0.824. The van der Waals surface area contributed by atoms with Crippen LogP contribution in [0.3, 0.4) is 0 Å². The number of pyridine rings is 1. The number of rotatable bonds is 2. The van der Waals surface area contributed by atoms with Crippen molar-refractivity contribution < 1.29 is 13.2 Å². The Morgan fingerprint density at radius 3 is 2.71 bits per heavy atom. The van der Waals surface area contributed by atoms with Crippen LogP contribution in [0.1, 0.15) is 24.1 Å². The Kier molecular flexibility index (Phi) is 4.18. The van der Waals surface area contributed by atoms with Crippen LogP contribution in [0.15, 0.2) is 11.9 Å².